The van der Waals surface area contributed by atoms with Crippen LogP contribution in [0.2, 0.25) is 0 Å². The van der Waals surface area contributed by atoms with Gasteiger partial charge in [0, 0.05) is 19.3 Å². The van der Waals surface area contributed by atoms with Crippen molar-refractivity contribution in [1.29, 1.82) is 0 Å². The topological polar surface area (TPSA) is 100 Å². The lowest BCUT2D eigenvalue weighted by atomic mass is 10.1. The maximum absolute atomic E-state index is 13.2. The summed E-state index contributed by atoms with van der Waals surface area (Å²) in [6, 6.07) is 7.56. The van der Waals surface area contributed by atoms with Gasteiger partial charge >= 0.3 is 12.1 Å². The van der Waals surface area contributed by atoms with Gasteiger partial charge in [-0.3, -0.25) is 9.78 Å². The summed E-state index contributed by atoms with van der Waals surface area (Å²) < 4.78 is 41.0. The molecule has 0 bridgehead atoms. The van der Waals surface area contributed by atoms with E-state index in [4.69, 9.17) is 5.11 Å². The minimum Gasteiger partial charge on any atom is -0.478 e. The van der Waals surface area contributed by atoms with Crippen LogP contribution in [0.25, 0.3) is 0 Å². The fraction of sp³-hybridized carbons (Fsp3) is 0.304. The number of carboxylic acid groups (broad SMARTS) is 1. The van der Waals surface area contributed by atoms with Gasteiger partial charge in [-0.2, -0.15) is 18.3 Å². The number of alkyl halides is 3. The van der Waals surface area contributed by atoms with Crippen LogP contribution in [0.5, 0.6) is 0 Å². The highest BCUT2D eigenvalue weighted by molar-refractivity contribution is 6.00. The summed E-state index contributed by atoms with van der Waals surface area (Å²) in [7, 11) is 0. The SMILES string of the molecule is Cc1nn2c(c1C(=O)N[C@@H](C)c1ccc(C(=O)O)cn1)N(Cc1cccc(C(F)(F)F)c1)CC2. The van der Waals surface area contributed by atoms with Crippen LogP contribution in [-0.2, 0) is 19.3 Å². The minimum absolute atomic E-state index is 0.0396. The highest BCUT2D eigenvalue weighted by Crippen LogP contribution is 2.33. The molecule has 4 rings (SSSR count). The van der Waals surface area contributed by atoms with Crippen molar-refractivity contribution in [1.82, 2.24) is 20.1 Å². The van der Waals surface area contributed by atoms with Crippen molar-refractivity contribution in [3.8, 4) is 0 Å². The molecule has 1 atom stereocenters. The zero-order valence-corrected chi connectivity index (χ0v) is 18.4. The molecule has 3 heterocycles. The molecule has 0 spiro atoms. The average molecular weight is 473 g/mol. The Morgan fingerprint density at radius 2 is 1.97 bits per heavy atom. The fourth-order valence-corrected chi connectivity index (χ4v) is 3.98. The van der Waals surface area contributed by atoms with Crippen molar-refractivity contribution in [2.75, 3.05) is 11.4 Å². The Balaban J connectivity index is 1.55. The summed E-state index contributed by atoms with van der Waals surface area (Å²) in [6.45, 7) is 4.64. The summed E-state index contributed by atoms with van der Waals surface area (Å²) >= 11 is 0. The van der Waals surface area contributed by atoms with Crippen LogP contribution < -0.4 is 10.2 Å². The summed E-state index contributed by atoms with van der Waals surface area (Å²) in [6.07, 6.45) is -3.21. The van der Waals surface area contributed by atoms with Gasteiger partial charge in [-0.1, -0.05) is 12.1 Å². The Bertz CT molecular complexity index is 1240. The van der Waals surface area contributed by atoms with E-state index in [1.165, 1.54) is 24.4 Å². The molecule has 11 heteroatoms. The van der Waals surface area contributed by atoms with Crippen molar-refractivity contribution in [3.05, 3.63) is 76.2 Å². The minimum atomic E-state index is -4.43. The Morgan fingerprint density at radius 1 is 1.21 bits per heavy atom. The Hall–Kier alpha value is -3.89. The number of pyridine rings is 1. The Labute approximate surface area is 193 Å². The molecule has 1 aromatic carbocycles. The zero-order chi connectivity index (χ0) is 24.6. The molecule has 178 valence electrons. The standard InChI is InChI=1S/C23H22F3N5O3/c1-13(18-7-6-16(11-27-18)22(33)34)28-20(32)19-14(2)29-31-9-8-30(21(19)31)12-15-4-3-5-17(10-15)23(24,25)26/h3-7,10-11,13H,8-9,12H2,1-2H3,(H,28,32)(H,33,34)/t13-/m0/s1. The van der Waals surface area contributed by atoms with Crippen LogP contribution in [0.15, 0.2) is 42.6 Å². The number of rotatable bonds is 6. The smallest absolute Gasteiger partial charge is 0.416 e. The number of nitrogens with one attached hydrogen (secondary N) is 1. The van der Waals surface area contributed by atoms with Crippen LogP contribution in [-0.4, -0.2) is 38.3 Å². The van der Waals surface area contributed by atoms with Gasteiger partial charge in [-0.05, 0) is 43.7 Å². The van der Waals surface area contributed by atoms with Crippen molar-refractivity contribution in [2.24, 2.45) is 0 Å². The lowest BCUT2D eigenvalue weighted by Gasteiger charge is -2.20. The number of aromatic carboxylic acids is 1. The molecule has 0 radical (unpaired) electrons. The van der Waals surface area contributed by atoms with Crippen LogP contribution in [0.3, 0.4) is 0 Å². The van der Waals surface area contributed by atoms with E-state index in [0.29, 0.717) is 41.4 Å². The first-order chi connectivity index (χ1) is 16.0. The molecule has 3 aromatic rings. The molecule has 2 aromatic heterocycles. The molecule has 0 aliphatic carbocycles. The molecule has 0 fully saturated rings. The second-order valence-electron chi connectivity index (χ2n) is 8.10. The molecule has 2 N–H and O–H groups in total. The molecule has 1 aliphatic rings. The third-order valence-electron chi connectivity index (χ3n) is 5.66. The monoisotopic (exact) mass is 473 g/mol. The lowest BCUT2D eigenvalue weighted by molar-refractivity contribution is -0.137. The highest BCUT2D eigenvalue weighted by Gasteiger charge is 2.33. The van der Waals surface area contributed by atoms with E-state index in [2.05, 4.69) is 15.4 Å². The number of aryl methyl sites for hydroxylation is 1. The van der Waals surface area contributed by atoms with E-state index in [0.717, 1.165) is 12.1 Å². The van der Waals surface area contributed by atoms with Gasteiger partial charge < -0.3 is 15.3 Å². The van der Waals surface area contributed by atoms with E-state index in [1.807, 2.05) is 4.90 Å². The second-order valence-corrected chi connectivity index (χ2v) is 8.10. The first kappa shape index (κ1) is 23.3. The molecule has 0 unspecified atom stereocenters. The normalized spacial score (nSPS) is 14.1. The summed E-state index contributed by atoms with van der Waals surface area (Å²) in [5.41, 5.74) is 1.13. The summed E-state index contributed by atoms with van der Waals surface area (Å²) in [5, 5.41) is 16.3. The maximum Gasteiger partial charge on any atom is 0.416 e. The van der Waals surface area contributed by atoms with Crippen LogP contribution in [0.4, 0.5) is 19.0 Å². The Kier molecular flexibility index (Phi) is 6.03. The van der Waals surface area contributed by atoms with E-state index < -0.39 is 29.7 Å². The molecular weight excluding hydrogens is 451 g/mol. The fourth-order valence-electron chi connectivity index (χ4n) is 3.98. The van der Waals surface area contributed by atoms with Crippen LogP contribution >= 0.6 is 0 Å². The van der Waals surface area contributed by atoms with Gasteiger partial charge in [0.15, 0.2) is 0 Å². The largest absolute Gasteiger partial charge is 0.478 e. The quantitative estimate of drug-likeness (QED) is 0.565. The Morgan fingerprint density at radius 3 is 2.62 bits per heavy atom. The number of hydrogen-bond donors (Lipinski definition) is 2. The number of carboxylic acids is 1. The number of amides is 1. The van der Waals surface area contributed by atoms with Crippen molar-refractivity contribution in [3.63, 3.8) is 0 Å². The predicted octanol–water partition coefficient (Wildman–Crippen LogP) is 3.81. The first-order valence-corrected chi connectivity index (χ1v) is 10.5. The number of aromatic nitrogens is 3. The van der Waals surface area contributed by atoms with Crippen LogP contribution in [0, 0.1) is 6.92 Å². The average Bonchev–Trinajstić information content (AvgIpc) is 3.31. The molecule has 0 saturated heterocycles. The van der Waals surface area contributed by atoms with E-state index in [-0.39, 0.29) is 12.1 Å². The molecule has 8 nitrogen and oxygen atoms in total. The molecule has 1 aliphatic heterocycles. The van der Waals surface area contributed by atoms with Gasteiger partial charge in [0.1, 0.15) is 11.4 Å². The van der Waals surface area contributed by atoms with Crippen molar-refractivity contribution < 1.29 is 27.9 Å². The summed E-state index contributed by atoms with van der Waals surface area (Å²) in [4.78, 5) is 30.1. The van der Waals surface area contributed by atoms with Gasteiger partial charge in [-0.15, -0.1) is 0 Å². The van der Waals surface area contributed by atoms with Crippen molar-refractivity contribution >= 4 is 17.7 Å². The number of hydrogen-bond acceptors (Lipinski definition) is 5. The van der Waals surface area contributed by atoms with E-state index >= 15 is 0 Å². The van der Waals surface area contributed by atoms with E-state index in [9.17, 15) is 22.8 Å². The molecular formula is C23H22F3N5O3. The number of halogens is 3. The number of carbonyl (C=O) groups excluding carboxylic acids is 1. The second kappa shape index (κ2) is 8.81. The number of fused-ring (bicyclic) bond motifs is 1. The molecule has 0 saturated carbocycles. The number of carbonyl (C=O) groups is 2. The number of benzene rings is 1. The van der Waals surface area contributed by atoms with Gasteiger partial charge in [0.2, 0.25) is 0 Å². The van der Waals surface area contributed by atoms with Gasteiger partial charge in [0.25, 0.3) is 5.91 Å². The summed E-state index contributed by atoms with van der Waals surface area (Å²) in [5.74, 6) is -0.942. The zero-order valence-electron chi connectivity index (χ0n) is 18.4. The van der Waals surface area contributed by atoms with Crippen LogP contribution in [0.1, 0.15) is 56.2 Å². The molecule has 1 amide bonds. The van der Waals surface area contributed by atoms with Gasteiger partial charge in [-0.25, -0.2) is 9.48 Å². The predicted molar refractivity (Wildman–Crippen MR) is 117 cm³/mol. The lowest BCUT2D eigenvalue weighted by Crippen LogP contribution is -2.30. The first-order valence-electron chi connectivity index (χ1n) is 10.5. The molecule has 34 heavy (non-hydrogen) atoms. The maximum atomic E-state index is 13.2. The van der Waals surface area contributed by atoms with Gasteiger partial charge in [0.05, 0.1) is 35.1 Å². The third-order valence-corrected chi connectivity index (χ3v) is 5.66. The van der Waals surface area contributed by atoms with E-state index in [1.54, 1.807) is 24.6 Å². The third kappa shape index (κ3) is 4.59. The number of nitrogens with zero attached hydrogens (tertiary/aromatic N) is 4. The number of anilines is 1. The van der Waals surface area contributed by atoms with Crippen molar-refractivity contribution in [2.45, 2.75) is 39.2 Å². The highest BCUT2D eigenvalue weighted by atomic mass is 19.4.